The molecule has 0 aromatic carbocycles. The molecule has 0 aromatic rings. The van der Waals surface area contributed by atoms with Crippen molar-refractivity contribution in [3.63, 3.8) is 0 Å². The second kappa shape index (κ2) is 43.5. The van der Waals surface area contributed by atoms with Gasteiger partial charge in [-0.2, -0.15) is 0 Å². The number of nitrogens with one attached hydrogen (secondary N) is 4. The van der Waals surface area contributed by atoms with Gasteiger partial charge in [-0.15, -0.1) is 0 Å². The van der Waals surface area contributed by atoms with E-state index < -0.39 is 378 Å². The molecule has 684 valence electrons. The molecule has 0 unspecified atom stereocenters. The second-order valence-electron chi connectivity index (χ2n) is 29.4. The quantitative estimate of drug-likeness (QED) is 0.0277. The Labute approximate surface area is 667 Å². The van der Waals surface area contributed by atoms with Crippen molar-refractivity contribution < 1.29 is 243 Å². The van der Waals surface area contributed by atoms with E-state index in [1.165, 1.54) is 0 Å². The number of hydrogen-bond acceptors (Lipinski definition) is 48. The SMILES string of the molecule is CC(=O)N[C@H]1[C@H](O[C@H]2[C@@H](O)[C@@H](CO[C@@H]3O[C@H](CO)[C@@H](O[C@@H]4O[C@H](CO)[C@H](O)[C@H](O[C@@H]5O[C@H](CO)[C@@H](O)[C@H](O[C@@H]6O[C@H](CO)[C@H](O)[C@H](O)[C@H]6O)[C@H]5NC(C)=O)[C@H]4O)[C@H](O)[C@H]3NC(C)=O)O[C@@H](O[C@@H]([C@H](O)[C@@H](O)CO)[C@H](O)CO)[C@@H]2O)O[C@H](CO)[C@@H](O[C@@H]2O[C@H](CO[C@]3(C(=O)O)C[C@H](O)[C@@H](NC(C)=O)[C@H]([C@H](O)[C@H](O)CO)O3)[C@H](O)[C@H](O)[C@H]2O)[C@@H]1O. The van der Waals surface area contributed by atoms with Gasteiger partial charge in [-0.05, 0) is 0 Å². The van der Waals surface area contributed by atoms with Crippen LogP contribution in [0.2, 0.25) is 0 Å². The Kier molecular flexibility index (Phi) is 36.5. The highest BCUT2D eigenvalue weighted by Gasteiger charge is 2.62. The van der Waals surface area contributed by atoms with E-state index in [9.17, 15) is 167 Å². The average molecular weight is 1730 g/mol. The van der Waals surface area contributed by atoms with Gasteiger partial charge in [-0.25, -0.2) is 4.79 Å². The van der Waals surface area contributed by atoms with Crippen molar-refractivity contribution in [2.24, 2.45) is 0 Å². The lowest BCUT2D eigenvalue weighted by atomic mass is 9.88. The van der Waals surface area contributed by atoms with E-state index in [2.05, 4.69) is 21.3 Å². The molecule has 8 saturated heterocycles. The number of carboxylic acids is 1. The maximum atomic E-state index is 13.1. The molecular weight excluding hydrogens is 1620 g/mol. The molecule has 0 aromatic heterocycles. The molecular formula is C65H110N4O49. The Morgan fingerprint density at radius 2 is 0.720 bits per heavy atom. The Morgan fingerprint density at radius 1 is 0.364 bits per heavy atom. The van der Waals surface area contributed by atoms with Gasteiger partial charge in [0.15, 0.2) is 44.0 Å². The summed E-state index contributed by atoms with van der Waals surface area (Å²) in [6.07, 6.45) is -86.9. The van der Waals surface area contributed by atoms with E-state index >= 15 is 0 Å². The van der Waals surface area contributed by atoms with Crippen LogP contribution in [0.15, 0.2) is 0 Å². The Bertz CT molecular complexity index is 3150. The molecule has 118 heavy (non-hydrogen) atoms. The lowest BCUT2D eigenvalue weighted by Gasteiger charge is -2.50. The van der Waals surface area contributed by atoms with Crippen molar-refractivity contribution in [1.29, 1.82) is 0 Å². The Balaban J connectivity index is 1.03. The molecule has 53 nitrogen and oxygen atoms in total. The number of amides is 4. The summed E-state index contributed by atoms with van der Waals surface area (Å²) in [7, 11) is 0. The number of aliphatic hydroxyl groups is 27. The highest BCUT2D eigenvalue weighted by Crippen LogP contribution is 2.40. The Hall–Kier alpha value is -4.37. The van der Waals surface area contributed by atoms with Crippen molar-refractivity contribution in [3.05, 3.63) is 0 Å². The molecule has 8 rings (SSSR count). The van der Waals surface area contributed by atoms with E-state index in [1.807, 2.05) is 0 Å². The lowest BCUT2D eigenvalue weighted by molar-refractivity contribution is -0.382. The predicted molar refractivity (Wildman–Crippen MR) is 363 cm³/mol. The smallest absolute Gasteiger partial charge is 0.364 e. The monoisotopic (exact) mass is 1730 g/mol. The normalized spacial score (nSPS) is 44.7. The van der Waals surface area contributed by atoms with E-state index in [1.54, 1.807) is 0 Å². The summed E-state index contributed by atoms with van der Waals surface area (Å²) in [5.74, 6) is -8.88. The van der Waals surface area contributed by atoms with Crippen molar-refractivity contribution in [2.45, 2.75) is 310 Å². The van der Waals surface area contributed by atoms with Gasteiger partial charge in [0, 0.05) is 34.1 Å². The van der Waals surface area contributed by atoms with Crippen LogP contribution in [0.25, 0.3) is 0 Å². The van der Waals surface area contributed by atoms with Gasteiger partial charge in [0.2, 0.25) is 23.6 Å². The molecule has 0 bridgehead atoms. The number of rotatable bonds is 36. The molecule has 0 radical (unpaired) electrons. The van der Waals surface area contributed by atoms with Crippen LogP contribution in [-0.4, -0.2) is 514 Å². The summed E-state index contributed by atoms with van der Waals surface area (Å²) in [4.78, 5) is 63.9. The number of hydrogen-bond donors (Lipinski definition) is 32. The largest absolute Gasteiger partial charge is 0.477 e. The summed E-state index contributed by atoms with van der Waals surface area (Å²) in [6, 6.07) is -7.51. The summed E-state index contributed by atoms with van der Waals surface area (Å²) in [6.45, 7) is -7.94. The fourth-order valence-corrected chi connectivity index (χ4v) is 14.7. The first-order valence-electron chi connectivity index (χ1n) is 37.2. The van der Waals surface area contributed by atoms with Crippen molar-refractivity contribution in [2.75, 3.05) is 66.1 Å². The third-order valence-corrected chi connectivity index (χ3v) is 21.0. The van der Waals surface area contributed by atoms with Gasteiger partial charge >= 0.3 is 5.97 Å². The van der Waals surface area contributed by atoms with Gasteiger partial charge < -0.3 is 240 Å². The lowest BCUT2D eigenvalue weighted by Crippen LogP contribution is -2.70. The fourth-order valence-electron chi connectivity index (χ4n) is 14.7. The van der Waals surface area contributed by atoms with Crippen molar-refractivity contribution in [3.8, 4) is 0 Å². The number of aliphatic hydroxyl groups excluding tert-OH is 27. The molecule has 8 aliphatic heterocycles. The van der Waals surface area contributed by atoms with Gasteiger partial charge in [0.1, 0.15) is 213 Å². The molecule has 53 heteroatoms. The van der Waals surface area contributed by atoms with Crippen LogP contribution in [0.5, 0.6) is 0 Å². The standard InChI is InChI=1S/C65H110N4O49/c1-16(78)66-31-20(82)5-65(64(101)102,118-54(31)36(87)22(84)7-71)104-15-30-38(89)45(96)47(98)61(111-30)113-52-28(13-77)109-58(33(43(52)94)68-18(3)80)116-56-41(92)29(110-63(49(56)100)112-50(23(85)8-72)35(86)21(83)6-70)14-103-57-32(67-17(2)79)42(93)51(27(12-76)108-57)114-62-48(99)55(40(91)26(11-75)107-62)117-59-34(69-19(4)81)53(39(90)25(10-74)105-59)115-60-46(97)44(95)37(88)24(9-73)106-60/h20-63,70-77,82-100H,5-15H2,1-4H3,(H,66,78)(H,67,79)(H,68,80)(H,69,81)(H,101,102)/t20-,21-,22+,23+,24+,25+,26+,27+,28+,29+,30+,31+,32+,33+,34+,35+,36+,37-,38-,39+,40-,41-,42+,43+,44-,45-,46+,47+,48+,49+,50+,51+,52+,53+,54+,55-,56-,57+,58-,59-,60-,61-,62-,63-,65+/m0/s1. The molecule has 0 aliphatic carbocycles. The fraction of sp³-hybridized carbons (Fsp3) is 0.923. The van der Waals surface area contributed by atoms with Crippen LogP contribution in [0, 0.1) is 0 Å². The first-order valence-corrected chi connectivity index (χ1v) is 37.2. The second-order valence-corrected chi connectivity index (χ2v) is 29.4. The molecule has 32 N–H and O–H groups in total. The molecule has 8 fully saturated rings. The summed E-state index contributed by atoms with van der Waals surface area (Å²) in [5.41, 5.74) is 0. The maximum absolute atomic E-state index is 13.1. The van der Waals surface area contributed by atoms with Crippen LogP contribution in [-0.2, 0) is 99.8 Å². The molecule has 0 spiro atoms. The van der Waals surface area contributed by atoms with Gasteiger partial charge in [0.05, 0.1) is 78.2 Å². The van der Waals surface area contributed by atoms with Crippen molar-refractivity contribution in [1.82, 2.24) is 21.3 Å². The van der Waals surface area contributed by atoms with Gasteiger partial charge in [-0.3, -0.25) is 19.2 Å². The molecule has 8 heterocycles. The predicted octanol–water partition coefficient (Wildman–Crippen LogP) is -21.2. The Morgan fingerprint density at radius 3 is 1.19 bits per heavy atom. The molecule has 8 aliphatic rings. The number of aliphatic carboxylic acids is 1. The summed E-state index contributed by atoms with van der Waals surface area (Å²) >= 11 is 0. The van der Waals surface area contributed by atoms with E-state index in [0.29, 0.717) is 0 Å². The minimum atomic E-state index is -3.08. The van der Waals surface area contributed by atoms with Gasteiger partial charge in [-0.1, -0.05) is 0 Å². The zero-order valence-electron chi connectivity index (χ0n) is 63.3. The summed E-state index contributed by atoms with van der Waals surface area (Å²) in [5, 5.41) is 316. The van der Waals surface area contributed by atoms with Crippen LogP contribution in [0.4, 0.5) is 0 Å². The van der Waals surface area contributed by atoms with E-state index in [-0.39, 0.29) is 0 Å². The van der Waals surface area contributed by atoms with Gasteiger partial charge in [0.25, 0.3) is 5.79 Å². The van der Waals surface area contributed by atoms with Crippen LogP contribution < -0.4 is 21.3 Å². The first-order chi connectivity index (χ1) is 55.6. The molecule has 4 amide bonds. The molecule has 0 saturated carbocycles. The average Bonchev–Trinajstić information content (AvgIpc) is 0.769. The topological polar surface area (TPSA) is 848 Å². The molecule has 45 atom stereocenters. The number of carbonyl (C=O) groups excluding carboxylic acids is 4. The summed E-state index contributed by atoms with van der Waals surface area (Å²) < 4.78 is 93.4. The van der Waals surface area contributed by atoms with Crippen LogP contribution >= 0.6 is 0 Å². The zero-order valence-corrected chi connectivity index (χ0v) is 63.3. The van der Waals surface area contributed by atoms with Crippen molar-refractivity contribution >= 4 is 29.6 Å². The number of ether oxygens (including phenoxy) is 16. The third-order valence-electron chi connectivity index (χ3n) is 21.0. The maximum Gasteiger partial charge on any atom is 0.364 e. The zero-order chi connectivity index (χ0) is 87.7. The van der Waals surface area contributed by atoms with E-state index in [0.717, 1.165) is 27.7 Å². The minimum Gasteiger partial charge on any atom is -0.477 e. The van der Waals surface area contributed by atoms with Crippen LogP contribution in [0.1, 0.15) is 34.1 Å². The highest BCUT2D eigenvalue weighted by atomic mass is 16.8. The first kappa shape index (κ1) is 99.1. The van der Waals surface area contributed by atoms with Crippen LogP contribution in [0.3, 0.4) is 0 Å². The van der Waals surface area contributed by atoms with E-state index in [4.69, 9.17) is 75.8 Å². The minimum absolute atomic E-state index is 0.839. The third kappa shape index (κ3) is 22.5. The number of carbonyl (C=O) groups is 5. The number of carboxylic acid groups (broad SMARTS) is 1. The highest BCUT2D eigenvalue weighted by molar-refractivity contribution is 5.77.